The van der Waals surface area contributed by atoms with Gasteiger partial charge in [0.1, 0.15) is 24.0 Å². The normalized spacial score (nSPS) is 30.1. The van der Waals surface area contributed by atoms with E-state index < -0.39 is 24.4 Å². The number of aromatic nitrogens is 3. The Morgan fingerprint density at radius 1 is 1.05 bits per heavy atom. The minimum absolute atomic E-state index is 0.432. The van der Waals surface area contributed by atoms with Gasteiger partial charge in [0.2, 0.25) is 0 Å². The molecule has 0 aliphatic carbocycles. The van der Waals surface area contributed by atoms with Crippen molar-refractivity contribution in [2.45, 2.75) is 31.3 Å². The van der Waals surface area contributed by atoms with E-state index in [1.807, 2.05) is 30.3 Å². The molecule has 0 amide bonds. The van der Waals surface area contributed by atoms with Crippen molar-refractivity contribution < 1.29 is 15.3 Å². The number of benzene rings is 1. The predicted molar refractivity (Wildman–Crippen MR) is 67.1 cm³/mol. The maximum Gasteiger partial charge on any atom is 0.126 e. The lowest BCUT2D eigenvalue weighted by molar-refractivity contribution is -0.0991. The molecule has 1 aromatic heterocycles. The van der Waals surface area contributed by atoms with Crippen molar-refractivity contribution in [1.82, 2.24) is 15.0 Å². The van der Waals surface area contributed by atoms with Crippen molar-refractivity contribution >= 4 is 0 Å². The van der Waals surface area contributed by atoms with Crippen molar-refractivity contribution in [3.63, 3.8) is 0 Å². The van der Waals surface area contributed by atoms with Crippen molar-refractivity contribution in [3.8, 4) is 11.3 Å². The van der Waals surface area contributed by atoms with Gasteiger partial charge in [0.15, 0.2) is 0 Å². The van der Waals surface area contributed by atoms with Crippen molar-refractivity contribution in [3.05, 3.63) is 36.0 Å². The Kier molecular flexibility index (Phi) is 2.85. The molecule has 0 saturated heterocycles. The molecule has 0 unspecified atom stereocenters. The Hall–Kier alpha value is -1.76. The van der Waals surface area contributed by atoms with E-state index in [1.165, 1.54) is 4.68 Å². The number of aliphatic hydroxyl groups excluding tert-OH is 3. The Balaban J connectivity index is 2.15. The van der Waals surface area contributed by atoms with Crippen LogP contribution >= 0.6 is 0 Å². The molecular weight excluding hydrogens is 246 g/mol. The smallest absolute Gasteiger partial charge is 0.126 e. The van der Waals surface area contributed by atoms with E-state index in [2.05, 4.69) is 10.3 Å². The van der Waals surface area contributed by atoms with E-state index in [0.29, 0.717) is 11.4 Å². The highest BCUT2D eigenvalue weighted by molar-refractivity contribution is 5.62. The lowest BCUT2D eigenvalue weighted by Crippen LogP contribution is -2.44. The van der Waals surface area contributed by atoms with Crippen LogP contribution in [0.25, 0.3) is 11.3 Å². The maximum atomic E-state index is 10.1. The van der Waals surface area contributed by atoms with Crippen LogP contribution in [-0.4, -0.2) is 42.5 Å². The molecule has 6 heteroatoms. The average Bonchev–Trinajstić information content (AvgIpc) is 2.88. The lowest BCUT2D eigenvalue weighted by atomic mass is 9.93. The fraction of sp³-hybridized carbons (Fsp3) is 0.385. The topological polar surface area (TPSA) is 91.4 Å². The third kappa shape index (κ3) is 1.76. The summed E-state index contributed by atoms with van der Waals surface area (Å²) in [5, 5.41) is 37.9. The molecule has 1 aromatic carbocycles. The van der Waals surface area contributed by atoms with Crippen molar-refractivity contribution in [1.29, 1.82) is 0 Å². The zero-order chi connectivity index (χ0) is 13.6. The standard InChI is InChI=1S/C13H15N3O3/c1-7-11(17)13(19)12(18)10-9(14-15-16(7)10)8-5-3-2-4-6-8/h2-7,11-13,17-19H,1H3/t7-,11+,12+,13-/m1/s1. The van der Waals surface area contributed by atoms with Gasteiger partial charge in [-0.25, -0.2) is 4.68 Å². The summed E-state index contributed by atoms with van der Waals surface area (Å²) in [7, 11) is 0. The number of hydrogen-bond donors (Lipinski definition) is 3. The van der Waals surface area contributed by atoms with Gasteiger partial charge in [0.25, 0.3) is 0 Å². The fourth-order valence-corrected chi connectivity index (χ4v) is 2.46. The summed E-state index contributed by atoms with van der Waals surface area (Å²) in [6, 6.07) is 8.91. The largest absolute Gasteiger partial charge is 0.388 e. The van der Waals surface area contributed by atoms with Gasteiger partial charge in [-0.2, -0.15) is 0 Å². The first-order chi connectivity index (χ1) is 9.11. The van der Waals surface area contributed by atoms with E-state index in [4.69, 9.17) is 0 Å². The first kappa shape index (κ1) is 12.3. The molecule has 100 valence electrons. The van der Waals surface area contributed by atoms with Gasteiger partial charge in [-0.05, 0) is 6.92 Å². The van der Waals surface area contributed by atoms with Crippen LogP contribution in [0.15, 0.2) is 30.3 Å². The van der Waals surface area contributed by atoms with Crippen LogP contribution in [0.4, 0.5) is 0 Å². The van der Waals surface area contributed by atoms with Gasteiger partial charge in [0.05, 0.1) is 11.7 Å². The van der Waals surface area contributed by atoms with E-state index in [-0.39, 0.29) is 0 Å². The van der Waals surface area contributed by atoms with Crippen LogP contribution in [0.1, 0.15) is 24.8 Å². The maximum absolute atomic E-state index is 10.1. The third-order valence-corrected chi connectivity index (χ3v) is 3.61. The molecule has 0 spiro atoms. The van der Waals surface area contributed by atoms with Crippen LogP contribution in [0.5, 0.6) is 0 Å². The molecule has 0 bridgehead atoms. The van der Waals surface area contributed by atoms with Gasteiger partial charge in [-0.1, -0.05) is 35.5 Å². The molecule has 0 fully saturated rings. The Morgan fingerprint density at radius 2 is 1.74 bits per heavy atom. The quantitative estimate of drug-likeness (QED) is 0.685. The SMILES string of the molecule is C[C@@H]1[C@H](O)[C@@H](O)[C@@H](O)c2c(-c3ccccc3)nnn21. The van der Waals surface area contributed by atoms with E-state index >= 15 is 0 Å². The minimum atomic E-state index is -1.23. The average molecular weight is 261 g/mol. The van der Waals surface area contributed by atoms with Crippen LogP contribution in [0.2, 0.25) is 0 Å². The Labute approximate surface area is 109 Å². The van der Waals surface area contributed by atoms with Gasteiger partial charge in [-0.3, -0.25) is 0 Å². The highest BCUT2D eigenvalue weighted by Gasteiger charge is 2.41. The van der Waals surface area contributed by atoms with Crippen LogP contribution < -0.4 is 0 Å². The minimum Gasteiger partial charge on any atom is -0.388 e. The van der Waals surface area contributed by atoms with Gasteiger partial charge >= 0.3 is 0 Å². The molecule has 2 heterocycles. The second-order valence-electron chi connectivity index (χ2n) is 4.80. The monoisotopic (exact) mass is 261 g/mol. The van der Waals surface area contributed by atoms with Crippen molar-refractivity contribution in [2.75, 3.05) is 0 Å². The number of rotatable bonds is 1. The molecule has 3 N–H and O–H groups in total. The molecular formula is C13H15N3O3. The molecule has 1 aliphatic rings. The summed E-state index contributed by atoms with van der Waals surface area (Å²) in [6.07, 6.45) is -3.49. The summed E-state index contributed by atoms with van der Waals surface area (Å²) >= 11 is 0. The predicted octanol–water partition coefficient (Wildman–Crippen LogP) is 0.275. The fourth-order valence-electron chi connectivity index (χ4n) is 2.46. The number of aliphatic hydroxyl groups is 3. The molecule has 19 heavy (non-hydrogen) atoms. The second kappa shape index (κ2) is 4.41. The second-order valence-corrected chi connectivity index (χ2v) is 4.80. The lowest BCUT2D eigenvalue weighted by Gasteiger charge is -2.34. The van der Waals surface area contributed by atoms with E-state index in [0.717, 1.165) is 5.56 Å². The Morgan fingerprint density at radius 3 is 2.42 bits per heavy atom. The van der Waals surface area contributed by atoms with Crippen LogP contribution in [-0.2, 0) is 0 Å². The summed E-state index contributed by atoms with van der Waals surface area (Å²) in [5.74, 6) is 0. The first-order valence-electron chi connectivity index (χ1n) is 6.16. The zero-order valence-electron chi connectivity index (χ0n) is 10.4. The molecule has 0 radical (unpaired) electrons. The number of fused-ring (bicyclic) bond motifs is 1. The Bertz CT molecular complexity index is 584. The molecule has 6 nitrogen and oxygen atoms in total. The molecule has 3 rings (SSSR count). The molecule has 0 saturated carbocycles. The first-order valence-corrected chi connectivity index (χ1v) is 6.16. The molecule has 4 atom stereocenters. The molecule has 2 aromatic rings. The van der Waals surface area contributed by atoms with Gasteiger partial charge < -0.3 is 15.3 Å². The summed E-state index contributed by atoms with van der Waals surface area (Å²) in [6.45, 7) is 1.73. The summed E-state index contributed by atoms with van der Waals surface area (Å²) < 4.78 is 1.48. The van der Waals surface area contributed by atoms with Crippen LogP contribution in [0, 0.1) is 0 Å². The highest BCUT2D eigenvalue weighted by atomic mass is 16.4. The number of hydrogen-bond acceptors (Lipinski definition) is 5. The zero-order valence-corrected chi connectivity index (χ0v) is 10.4. The summed E-state index contributed by atoms with van der Waals surface area (Å²) in [5.41, 5.74) is 1.79. The van der Waals surface area contributed by atoms with E-state index in [9.17, 15) is 15.3 Å². The molecule has 1 aliphatic heterocycles. The van der Waals surface area contributed by atoms with Gasteiger partial charge in [-0.15, -0.1) is 5.10 Å². The van der Waals surface area contributed by atoms with Gasteiger partial charge in [0, 0.05) is 5.56 Å². The van der Waals surface area contributed by atoms with Crippen molar-refractivity contribution in [2.24, 2.45) is 0 Å². The number of nitrogens with zero attached hydrogens (tertiary/aromatic N) is 3. The van der Waals surface area contributed by atoms with E-state index in [1.54, 1.807) is 6.92 Å². The third-order valence-electron chi connectivity index (χ3n) is 3.61. The highest BCUT2D eigenvalue weighted by Crippen LogP contribution is 2.36. The summed E-state index contributed by atoms with van der Waals surface area (Å²) in [4.78, 5) is 0. The van der Waals surface area contributed by atoms with Crippen LogP contribution in [0.3, 0.4) is 0 Å².